The number of carbonyl (C=O) groups excluding carboxylic acids is 1. The van der Waals surface area contributed by atoms with Gasteiger partial charge in [-0.15, -0.1) is 0 Å². The molecule has 0 saturated carbocycles. The van der Waals surface area contributed by atoms with Gasteiger partial charge in [0.25, 0.3) is 0 Å². The Morgan fingerprint density at radius 3 is 2.45 bits per heavy atom. The van der Waals surface area contributed by atoms with Crippen molar-refractivity contribution in [3.8, 4) is 5.69 Å². The summed E-state index contributed by atoms with van der Waals surface area (Å²) in [4.78, 5) is 12.0. The molecule has 0 fully saturated rings. The van der Waals surface area contributed by atoms with Crippen molar-refractivity contribution in [1.29, 1.82) is 0 Å². The van der Waals surface area contributed by atoms with E-state index in [0.717, 1.165) is 6.26 Å². The first-order chi connectivity index (χ1) is 14.6. The minimum absolute atomic E-state index is 0.0331. The fraction of sp³-hybridized carbons (Fsp3) is 0.238. The van der Waals surface area contributed by atoms with Gasteiger partial charge in [-0.1, -0.05) is 35.3 Å². The molecule has 2 aromatic carbocycles. The molecule has 0 atom stereocenters. The van der Waals surface area contributed by atoms with Crippen molar-refractivity contribution >= 4 is 44.9 Å². The number of esters is 1. The van der Waals surface area contributed by atoms with Crippen LogP contribution in [0.5, 0.6) is 0 Å². The molecule has 0 aliphatic carbocycles. The number of benzene rings is 2. The number of halogens is 2. The summed E-state index contributed by atoms with van der Waals surface area (Å²) in [5, 5.41) is 4.92. The molecule has 0 amide bonds. The van der Waals surface area contributed by atoms with E-state index in [2.05, 4.69) is 5.10 Å². The molecule has 0 saturated heterocycles. The van der Waals surface area contributed by atoms with Gasteiger partial charge in [0, 0.05) is 0 Å². The Kier molecular flexibility index (Phi) is 6.93. The molecule has 0 spiro atoms. The molecule has 0 aliphatic rings. The molecule has 1 heterocycles. The lowest BCUT2D eigenvalue weighted by Gasteiger charge is -2.23. The van der Waals surface area contributed by atoms with Gasteiger partial charge >= 0.3 is 5.97 Å². The Hall–Kier alpha value is -2.55. The standard InChI is InChI=1S/C21H21Cl2N3O4S/c1-4-30-21(27)18-12-24-26(14(18)2)17-10-8-16(9-11-17)25(31(3,28)29)13-15-6-5-7-19(22)20(15)23/h5-12H,4,13H2,1-3H3. The third kappa shape index (κ3) is 5.03. The van der Waals surface area contributed by atoms with E-state index in [4.69, 9.17) is 27.9 Å². The second kappa shape index (κ2) is 9.30. The van der Waals surface area contributed by atoms with Gasteiger partial charge < -0.3 is 4.74 Å². The van der Waals surface area contributed by atoms with Crippen molar-refractivity contribution in [3.63, 3.8) is 0 Å². The number of hydrogen-bond acceptors (Lipinski definition) is 5. The quantitative estimate of drug-likeness (QED) is 0.459. The van der Waals surface area contributed by atoms with E-state index in [0.29, 0.717) is 38.2 Å². The van der Waals surface area contributed by atoms with Crippen molar-refractivity contribution < 1.29 is 17.9 Å². The van der Waals surface area contributed by atoms with E-state index < -0.39 is 16.0 Å². The number of ether oxygens (including phenoxy) is 1. The molecule has 7 nitrogen and oxygen atoms in total. The summed E-state index contributed by atoms with van der Waals surface area (Å²) in [6.45, 7) is 3.80. The smallest absolute Gasteiger partial charge is 0.341 e. The van der Waals surface area contributed by atoms with Crippen LogP contribution in [-0.2, 0) is 21.3 Å². The summed E-state index contributed by atoms with van der Waals surface area (Å²) in [5.41, 5.74) is 2.71. The third-order valence-corrected chi connectivity index (χ3v) is 6.63. The van der Waals surface area contributed by atoms with Crippen LogP contribution < -0.4 is 4.31 Å². The predicted octanol–water partition coefficient (Wildman–Crippen LogP) is 4.63. The maximum Gasteiger partial charge on any atom is 0.341 e. The van der Waals surface area contributed by atoms with Crippen LogP contribution in [-0.4, -0.2) is 37.0 Å². The molecule has 0 aliphatic heterocycles. The van der Waals surface area contributed by atoms with Crippen LogP contribution in [0.4, 0.5) is 5.69 Å². The van der Waals surface area contributed by atoms with Crippen LogP contribution in [0.1, 0.15) is 28.5 Å². The van der Waals surface area contributed by atoms with Crippen molar-refractivity contribution in [3.05, 3.63) is 75.5 Å². The first-order valence-electron chi connectivity index (χ1n) is 9.36. The molecule has 0 radical (unpaired) electrons. The van der Waals surface area contributed by atoms with Gasteiger partial charge in [0.05, 0.1) is 52.7 Å². The van der Waals surface area contributed by atoms with E-state index in [1.54, 1.807) is 61.0 Å². The molecular formula is C21H21Cl2N3O4S. The number of carbonyl (C=O) groups is 1. The summed E-state index contributed by atoms with van der Waals surface area (Å²) in [6.07, 6.45) is 2.58. The monoisotopic (exact) mass is 481 g/mol. The molecule has 0 bridgehead atoms. The largest absolute Gasteiger partial charge is 0.462 e. The Balaban J connectivity index is 1.93. The van der Waals surface area contributed by atoms with Gasteiger partial charge in [-0.3, -0.25) is 4.31 Å². The van der Waals surface area contributed by atoms with Crippen LogP contribution in [0, 0.1) is 6.92 Å². The van der Waals surface area contributed by atoms with E-state index in [9.17, 15) is 13.2 Å². The highest BCUT2D eigenvalue weighted by Crippen LogP contribution is 2.29. The molecule has 31 heavy (non-hydrogen) atoms. The first-order valence-corrected chi connectivity index (χ1v) is 12.0. The Bertz CT molecular complexity index is 1210. The molecule has 1 aromatic heterocycles. The second-order valence-corrected chi connectivity index (χ2v) is 9.47. The zero-order valence-corrected chi connectivity index (χ0v) is 19.5. The van der Waals surface area contributed by atoms with E-state index in [-0.39, 0.29) is 13.2 Å². The fourth-order valence-electron chi connectivity index (χ4n) is 3.06. The highest BCUT2D eigenvalue weighted by Gasteiger charge is 2.21. The maximum absolute atomic E-state index is 12.5. The minimum atomic E-state index is -3.60. The Morgan fingerprint density at radius 1 is 1.16 bits per heavy atom. The van der Waals surface area contributed by atoms with Crippen LogP contribution in [0.2, 0.25) is 10.0 Å². The lowest BCUT2D eigenvalue weighted by atomic mass is 10.2. The van der Waals surface area contributed by atoms with Gasteiger partial charge in [-0.25, -0.2) is 17.9 Å². The average molecular weight is 482 g/mol. The third-order valence-electron chi connectivity index (χ3n) is 4.63. The average Bonchev–Trinajstić information content (AvgIpc) is 3.10. The number of anilines is 1. The number of hydrogen-bond donors (Lipinski definition) is 0. The van der Waals surface area contributed by atoms with Crippen molar-refractivity contribution in [2.45, 2.75) is 20.4 Å². The van der Waals surface area contributed by atoms with Crippen LogP contribution >= 0.6 is 23.2 Å². The van der Waals surface area contributed by atoms with Crippen LogP contribution in [0.25, 0.3) is 5.69 Å². The summed E-state index contributed by atoms with van der Waals surface area (Å²) in [7, 11) is -3.60. The van der Waals surface area contributed by atoms with Crippen LogP contribution in [0.3, 0.4) is 0 Å². The van der Waals surface area contributed by atoms with Gasteiger partial charge in [0.15, 0.2) is 0 Å². The number of nitrogens with zero attached hydrogens (tertiary/aromatic N) is 3. The summed E-state index contributed by atoms with van der Waals surface area (Å²) >= 11 is 12.3. The molecule has 3 aromatic rings. The first kappa shape index (κ1) is 23.1. The molecular weight excluding hydrogens is 461 g/mol. The number of rotatable bonds is 7. The zero-order valence-electron chi connectivity index (χ0n) is 17.2. The van der Waals surface area contributed by atoms with Gasteiger partial charge in [-0.2, -0.15) is 5.10 Å². The van der Waals surface area contributed by atoms with E-state index >= 15 is 0 Å². The van der Waals surface area contributed by atoms with E-state index in [1.807, 2.05) is 0 Å². The van der Waals surface area contributed by atoms with Gasteiger partial charge in [0.2, 0.25) is 10.0 Å². The van der Waals surface area contributed by atoms with Crippen LogP contribution in [0.15, 0.2) is 48.7 Å². The molecule has 0 unspecified atom stereocenters. The second-order valence-electron chi connectivity index (χ2n) is 6.77. The SMILES string of the molecule is CCOC(=O)c1cnn(-c2ccc(N(Cc3cccc(Cl)c3Cl)S(C)(=O)=O)cc2)c1C. The number of sulfonamides is 1. The van der Waals surface area contributed by atoms with Crippen molar-refractivity contribution in [1.82, 2.24) is 9.78 Å². The normalized spacial score (nSPS) is 11.4. The Labute approximate surface area is 191 Å². The fourth-order valence-corrected chi connectivity index (χ4v) is 4.32. The summed E-state index contributed by atoms with van der Waals surface area (Å²) in [5.74, 6) is -0.440. The maximum atomic E-state index is 12.5. The van der Waals surface area contributed by atoms with Crippen molar-refractivity contribution in [2.75, 3.05) is 17.2 Å². The lowest BCUT2D eigenvalue weighted by molar-refractivity contribution is 0.0525. The number of aromatic nitrogens is 2. The van der Waals surface area contributed by atoms with Gasteiger partial charge in [0.1, 0.15) is 5.56 Å². The van der Waals surface area contributed by atoms with E-state index in [1.165, 1.54) is 10.5 Å². The highest BCUT2D eigenvalue weighted by molar-refractivity contribution is 7.92. The molecule has 164 valence electrons. The zero-order chi connectivity index (χ0) is 22.8. The molecule has 10 heteroatoms. The summed E-state index contributed by atoms with van der Waals surface area (Å²) < 4.78 is 32.8. The Morgan fingerprint density at radius 2 is 1.84 bits per heavy atom. The molecule has 0 N–H and O–H groups in total. The predicted molar refractivity (Wildman–Crippen MR) is 122 cm³/mol. The van der Waals surface area contributed by atoms with Gasteiger partial charge in [-0.05, 0) is 49.7 Å². The molecule has 3 rings (SSSR count). The topological polar surface area (TPSA) is 81.5 Å². The lowest BCUT2D eigenvalue weighted by Crippen LogP contribution is -2.29. The highest BCUT2D eigenvalue weighted by atomic mass is 35.5. The summed E-state index contributed by atoms with van der Waals surface area (Å²) in [6, 6.07) is 11.9. The van der Waals surface area contributed by atoms with Crippen molar-refractivity contribution in [2.24, 2.45) is 0 Å². The minimum Gasteiger partial charge on any atom is -0.462 e.